The van der Waals surface area contributed by atoms with Gasteiger partial charge in [0.2, 0.25) is 5.91 Å². The predicted molar refractivity (Wildman–Crippen MR) is 102 cm³/mol. The fraction of sp³-hybridized carbons (Fsp3) is 0.286. The number of rotatable bonds is 5. The third-order valence-corrected chi connectivity index (χ3v) is 4.90. The van der Waals surface area contributed by atoms with E-state index in [0.717, 1.165) is 23.4 Å². The van der Waals surface area contributed by atoms with Crippen molar-refractivity contribution in [2.45, 2.75) is 25.7 Å². The first-order valence-electron chi connectivity index (χ1n) is 9.05. The maximum Gasteiger partial charge on any atom is 0.258 e. The van der Waals surface area contributed by atoms with Crippen molar-refractivity contribution in [1.82, 2.24) is 10.1 Å². The Bertz CT molecular complexity index is 949. The minimum atomic E-state index is -0.0774. The molecule has 0 saturated carbocycles. The van der Waals surface area contributed by atoms with Crippen LogP contribution in [0.25, 0.3) is 11.5 Å². The van der Waals surface area contributed by atoms with Crippen molar-refractivity contribution in [2.24, 2.45) is 0 Å². The van der Waals surface area contributed by atoms with Crippen molar-refractivity contribution in [1.29, 1.82) is 0 Å². The Morgan fingerprint density at radius 2 is 2.04 bits per heavy atom. The van der Waals surface area contributed by atoms with Crippen LogP contribution in [0.2, 0.25) is 0 Å². The van der Waals surface area contributed by atoms with E-state index in [-0.39, 0.29) is 11.8 Å². The second-order valence-electron chi connectivity index (χ2n) is 6.62. The minimum absolute atomic E-state index is 0.0774. The number of aromatic nitrogens is 2. The Labute approximate surface area is 157 Å². The van der Waals surface area contributed by atoms with Crippen molar-refractivity contribution in [3.05, 3.63) is 59.9 Å². The van der Waals surface area contributed by atoms with Gasteiger partial charge in [-0.2, -0.15) is 4.98 Å². The number of carbonyl (C=O) groups is 1. The third kappa shape index (κ3) is 3.43. The summed E-state index contributed by atoms with van der Waals surface area (Å²) in [5.41, 5.74) is 2.96. The quantitative estimate of drug-likeness (QED) is 0.689. The van der Waals surface area contributed by atoms with Gasteiger partial charge in [0.25, 0.3) is 5.89 Å². The zero-order chi connectivity index (χ0) is 18.8. The average molecular weight is 363 g/mol. The summed E-state index contributed by atoms with van der Waals surface area (Å²) < 4.78 is 10.7. The Kier molecular flexibility index (Phi) is 4.62. The molecule has 0 spiro atoms. The number of ether oxygens (including phenoxy) is 1. The first-order chi connectivity index (χ1) is 13.2. The molecule has 2 aromatic carbocycles. The lowest BCUT2D eigenvalue weighted by Crippen LogP contribution is -2.24. The van der Waals surface area contributed by atoms with Crippen LogP contribution >= 0.6 is 0 Å². The monoisotopic (exact) mass is 363 g/mol. The lowest BCUT2D eigenvalue weighted by molar-refractivity contribution is -0.117. The molecular formula is C21H21N3O3. The molecule has 6 heteroatoms. The highest BCUT2D eigenvalue weighted by Crippen LogP contribution is 2.32. The molecule has 1 amide bonds. The van der Waals surface area contributed by atoms with Gasteiger partial charge in [-0.1, -0.05) is 30.3 Å². The van der Waals surface area contributed by atoms with Crippen LogP contribution in [0.3, 0.4) is 0 Å². The maximum absolute atomic E-state index is 12.5. The Hall–Kier alpha value is -3.15. The molecule has 0 bridgehead atoms. The van der Waals surface area contributed by atoms with E-state index in [4.69, 9.17) is 9.26 Å². The molecule has 1 atom stereocenters. The first kappa shape index (κ1) is 17.3. The lowest BCUT2D eigenvalue weighted by Gasteiger charge is -2.16. The number of benzene rings is 2. The van der Waals surface area contributed by atoms with Crippen LogP contribution in [0, 0.1) is 0 Å². The molecule has 2 heterocycles. The van der Waals surface area contributed by atoms with Gasteiger partial charge in [-0.05, 0) is 42.3 Å². The topological polar surface area (TPSA) is 68.5 Å². The zero-order valence-electron chi connectivity index (χ0n) is 15.4. The van der Waals surface area contributed by atoms with Crippen LogP contribution in [0.15, 0.2) is 53.1 Å². The second-order valence-corrected chi connectivity index (χ2v) is 6.62. The number of methoxy groups -OCH3 is 1. The predicted octanol–water partition coefficient (Wildman–Crippen LogP) is 3.83. The van der Waals surface area contributed by atoms with Gasteiger partial charge in [0.1, 0.15) is 5.75 Å². The molecule has 3 aromatic rings. The highest BCUT2D eigenvalue weighted by Gasteiger charge is 2.34. The molecule has 0 aliphatic carbocycles. The van der Waals surface area contributed by atoms with Crippen LogP contribution in [-0.4, -0.2) is 29.7 Å². The number of aryl methyl sites for hydroxylation is 1. The molecule has 0 unspecified atom stereocenters. The number of nitrogens with zero attached hydrogens (tertiary/aromatic N) is 3. The largest absolute Gasteiger partial charge is 0.497 e. The van der Waals surface area contributed by atoms with Crippen LogP contribution < -0.4 is 9.64 Å². The summed E-state index contributed by atoms with van der Waals surface area (Å²) >= 11 is 0. The van der Waals surface area contributed by atoms with Gasteiger partial charge >= 0.3 is 0 Å². The number of carbonyl (C=O) groups excluding carboxylic acids is 1. The highest BCUT2D eigenvalue weighted by molar-refractivity contribution is 5.96. The summed E-state index contributed by atoms with van der Waals surface area (Å²) in [7, 11) is 1.62. The molecule has 0 N–H and O–H groups in total. The molecule has 1 aromatic heterocycles. The fourth-order valence-corrected chi connectivity index (χ4v) is 3.32. The molecule has 4 rings (SSSR count). The Morgan fingerprint density at radius 1 is 1.22 bits per heavy atom. The number of amides is 1. The summed E-state index contributed by atoms with van der Waals surface area (Å²) in [6, 6.07) is 15.6. The molecule has 1 saturated heterocycles. The van der Waals surface area contributed by atoms with Gasteiger partial charge < -0.3 is 14.2 Å². The van der Waals surface area contributed by atoms with Gasteiger partial charge in [0.05, 0.1) is 7.11 Å². The van der Waals surface area contributed by atoms with Gasteiger partial charge in [-0.3, -0.25) is 4.79 Å². The van der Waals surface area contributed by atoms with E-state index >= 15 is 0 Å². The van der Waals surface area contributed by atoms with E-state index < -0.39 is 0 Å². The molecule has 0 radical (unpaired) electrons. The molecule has 1 aliphatic rings. The van der Waals surface area contributed by atoms with Crippen molar-refractivity contribution in [3.8, 4) is 17.2 Å². The molecule has 1 aliphatic heterocycles. The van der Waals surface area contributed by atoms with Crippen LogP contribution in [0.5, 0.6) is 5.75 Å². The normalized spacial score (nSPS) is 16.7. The lowest BCUT2D eigenvalue weighted by atomic mass is 10.1. The van der Waals surface area contributed by atoms with Crippen molar-refractivity contribution >= 4 is 11.6 Å². The minimum Gasteiger partial charge on any atom is -0.497 e. The summed E-state index contributed by atoms with van der Waals surface area (Å²) in [5.74, 6) is 1.73. The van der Waals surface area contributed by atoms with Crippen LogP contribution in [0.1, 0.15) is 30.7 Å². The third-order valence-electron chi connectivity index (χ3n) is 4.90. The van der Waals surface area contributed by atoms with Gasteiger partial charge in [0, 0.05) is 30.1 Å². The summed E-state index contributed by atoms with van der Waals surface area (Å²) in [5, 5.41) is 4.11. The number of hydrogen-bond acceptors (Lipinski definition) is 5. The number of anilines is 1. The smallest absolute Gasteiger partial charge is 0.258 e. The molecular weight excluding hydrogens is 342 g/mol. The molecule has 138 valence electrons. The summed E-state index contributed by atoms with van der Waals surface area (Å²) in [4.78, 5) is 18.8. The first-order valence-corrected chi connectivity index (χ1v) is 9.05. The van der Waals surface area contributed by atoms with Crippen LogP contribution in [0.4, 0.5) is 5.69 Å². The van der Waals surface area contributed by atoms with E-state index in [1.165, 1.54) is 5.56 Å². The molecule has 27 heavy (non-hydrogen) atoms. The van der Waals surface area contributed by atoms with E-state index in [9.17, 15) is 4.79 Å². The SMILES string of the molecule is CCc1ccc(N2C[C@@H](c3noc(-c4cccc(OC)c4)n3)CC2=O)cc1. The van der Waals surface area contributed by atoms with E-state index in [0.29, 0.717) is 24.7 Å². The summed E-state index contributed by atoms with van der Waals surface area (Å²) in [6.07, 6.45) is 1.36. The van der Waals surface area contributed by atoms with Crippen molar-refractivity contribution in [2.75, 3.05) is 18.6 Å². The van der Waals surface area contributed by atoms with Gasteiger partial charge in [-0.25, -0.2) is 0 Å². The number of hydrogen-bond donors (Lipinski definition) is 0. The second kappa shape index (κ2) is 7.23. The maximum atomic E-state index is 12.5. The Morgan fingerprint density at radius 3 is 2.78 bits per heavy atom. The highest BCUT2D eigenvalue weighted by atomic mass is 16.5. The molecule has 6 nitrogen and oxygen atoms in total. The fourth-order valence-electron chi connectivity index (χ4n) is 3.32. The summed E-state index contributed by atoms with van der Waals surface area (Å²) in [6.45, 7) is 2.67. The van der Waals surface area contributed by atoms with Crippen molar-refractivity contribution in [3.63, 3.8) is 0 Å². The standard InChI is InChI=1S/C21H21N3O3/c1-3-14-7-9-17(10-8-14)24-13-16(12-19(24)25)20-22-21(27-23-20)15-5-4-6-18(11-15)26-2/h4-11,16H,3,12-13H2,1-2H3/t16-/m0/s1. The van der Waals surface area contributed by atoms with E-state index in [2.05, 4.69) is 29.2 Å². The average Bonchev–Trinajstić information content (AvgIpc) is 3.35. The van der Waals surface area contributed by atoms with E-state index in [1.54, 1.807) is 12.0 Å². The van der Waals surface area contributed by atoms with E-state index in [1.807, 2.05) is 36.4 Å². The van der Waals surface area contributed by atoms with Gasteiger partial charge in [0.15, 0.2) is 5.82 Å². The van der Waals surface area contributed by atoms with Crippen molar-refractivity contribution < 1.29 is 14.1 Å². The Balaban J connectivity index is 1.53. The van der Waals surface area contributed by atoms with Crippen LogP contribution in [-0.2, 0) is 11.2 Å². The molecule has 1 fully saturated rings. The van der Waals surface area contributed by atoms with Gasteiger partial charge in [-0.15, -0.1) is 0 Å². The zero-order valence-corrected chi connectivity index (χ0v) is 15.4.